The Hall–Kier alpha value is -3.43. The smallest absolute Gasteiger partial charge is 0.190 e. The molecule has 4 nitrogen and oxygen atoms in total. The van der Waals surface area contributed by atoms with Crippen molar-refractivity contribution < 1.29 is 4.39 Å². The monoisotopic (exact) mass is 400 g/mol. The number of rotatable bonds is 5. The Morgan fingerprint density at radius 2 is 1.72 bits per heavy atom. The van der Waals surface area contributed by atoms with Crippen molar-refractivity contribution in [1.82, 2.24) is 9.97 Å². The van der Waals surface area contributed by atoms with Crippen molar-refractivity contribution in [3.8, 4) is 6.07 Å². The fraction of sp³-hybridized carbons (Fsp3) is 0.0870. The number of hydrogen-bond acceptors (Lipinski definition) is 5. The van der Waals surface area contributed by atoms with E-state index in [1.54, 1.807) is 12.1 Å². The van der Waals surface area contributed by atoms with E-state index in [4.69, 9.17) is 5.73 Å². The van der Waals surface area contributed by atoms with Gasteiger partial charge in [0.25, 0.3) is 0 Å². The fourth-order valence-electron chi connectivity index (χ4n) is 3.17. The first kappa shape index (κ1) is 18.9. The van der Waals surface area contributed by atoms with Crippen LogP contribution in [0.1, 0.15) is 22.4 Å². The van der Waals surface area contributed by atoms with E-state index in [0.29, 0.717) is 23.0 Å². The molecule has 0 aliphatic heterocycles. The summed E-state index contributed by atoms with van der Waals surface area (Å²) in [5.74, 6) is 0.547. The van der Waals surface area contributed by atoms with Gasteiger partial charge in [-0.3, -0.25) is 0 Å². The van der Waals surface area contributed by atoms with Crippen LogP contribution < -0.4 is 5.73 Å². The number of fused-ring (bicyclic) bond motifs is 1. The van der Waals surface area contributed by atoms with Crippen LogP contribution in [0.3, 0.4) is 0 Å². The van der Waals surface area contributed by atoms with Crippen molar-refractivity contribution in [1.29, 1.82) is 5.26 Å². The molecule has 4 aromatic rings. The van der Waals surface area contributed by atoms with Gasteiger partial charge in [-0.15, -0.1) is 0 Å². The quantitative estimate of drug-likeness (QED) is 0.372. The van der Waals surface area contributed by atoms with E-state index < -0.39 is 0 Å². The lowest BCUT2D eigenvalue weighted by molar-refractivity contribution is 0.627. The topological polar surface area (TPSA) is 75.6 Å². The zero-order chi connectivity index (χ0) is 20.2. The molecule has 0 atom stereocenters. The van der Waals surface area contributed by atoms with E-state index in [-0.39, 0.29) is 17.2 Å². The Morgan fingerprint density at radius 1 is 0.966 bits per heavy atom. The molecule has 4 rings (SSSR count). The second kappa shape index (κ2) is 8.29. The second-order valence-corrected chi connectivity index (χ2v) is 7.50. The number of aromatic nitrogens is 2. The van der Waals surface area contributed by atoms with Crippen LogP contribution in [0.5, 0.6) is 0 Å². The van der Waals surface area contributed by atoms with Gasteiger partial charge in [-0.1, -0.05) is 66.4 Å². The number of halogens is 1. The average Bonchev–Trinajstić information content (AvgIpc) is 2.74. The minimum atomic E-state index is -0.303. The van der Waals surface area contributed by atoms with Gasteiger partial charge in [-0.25, -0.2) is 14.4 Å². The molecule has 0 unspecified atom stereocenters. The molecule has 6 heteroatoms. The van der Waals surface area contributed by atoms with Gasteiger partial charge in [0.2, 0.25) is 0 Å². The van der Waals surface area contributed by atoms with E-state index in [1.807, 2.05) is 18.2 Å². The molecule has 0 amide bonds. The van der Waals surface area contributed by atoms with Crippen molar-refractivity contribution in [2.45, 2.75) is 17.3 Å². The Kier molecular flexibility index (Phi) is 5.41. The largest absolute Gasteiger partial charge is 0.382 e. The van der Waals surface area contributed by atoms with Crippen LogP contribution in [0.4, 0.5) is 10.2 Å². The number of benzene rings is 3. The lowest BCUT2D eigenvalue weighted by Gasteiger charge is -2.10. The third-order valence-electron chi connectivity index (χ3n) is 4.62. The minimum absolute atomic E-state index is 0.167. The molecule has 0 fully saturated rings. The maximum atomic E-state index is 13.2. The first-order chi connectivity index (χ1) is 14.1. The Bertz CT molecular complexity index is 1210. The van der Waals surface area contributed by atoms with Gasteiger partial charge in [-0.2, -0.15) is 5.26 Å². The third-order valence-corrected chi connectivity index (χ3v) is 5.52. The Morgan fingerprint density at radius 3 is 2.52 bits per heavy atom. The molecule has 0 radical (unpaired) electrons. The maximum Gasteiger partial charge on any atom is 0.190 e. The summed E-state index contributed by atoms with van der Waals surface area (Å²) in [6.45, 7) is 0. The standard InChI is InChI=1S/C23H17FN4S/c24-18-10-8-15(9-11-18)12-21-20(13-25)22(26)28-23(27-21)29-14-17-6-3-5-16-4-1-2-7-19(16)17/h1-11H,12,14H2,(H2,26,27,28). The Labute approximate surface area is 172 Å². The summed E-state index contributed by atoms with van der Waals surface area (Å²) in [6.07, 6.45) is 0.387. The van der Waals surface area contributed by atoms with Crippen LogP contribution in [-0.2, 0) is 12.2 Å². The van der Waals surface area contributed by atoms with E-state index in [0.717, 1.165) is 5.56 Å². The summed E-state index contributed by atoms with van der Waals surface area (Å²) in [5, 5.41) is 12.4. The number of nitrogens with two attached hydrogens (primary N) is 1. The van der Waals surface area contributed by atoms with E-state index >= 15 is 0 Å². The highest BCUT2D eigenvalue weighted by atomic mass is 32.2. The van der Waals surface area contributed by atoms with Crippen LogP contribution in [0.2, 0.25) is 0 Å². The first-order valence-corrected chi connectivity index (χ1v) is 10.0. The lowest BCUT2D eigenvalue weighted by atomic mass is 10.1. The zero-order valence-corrected chi connectivity index (χ0v) is 16.3. The van der Waals surface area contributed by atoms with Crippen molar-refractivity contribution in [2.75, 3.05) is 5.73 Å². The molecule has 0 aliphatic carbocycles. The van der Waals surface area contributed by atoms with E-state index in [1.165, 1.54) is 40.2 Å². The number of nitriles is 1. The highest BCUT2D eigenvalue weighted by Gasteiger charge is 2.14. The number of nitrogens with zero attached hydrogens (tertiary/aromatic N) is 3. The highest BCUT2D eigenvalue weighted by Crippen LogP contribution is 2.27. The molecular weight excluding hydrogens is 383 g/mol. The van der Waals surface area contributed by atoms with Crippen molar-refractivity contribution in [3.63, 3.8) is 0 Å². The van der Waals surface area contributed by atoms with Gasteiger partial charge in [0, 0.05) is 12.2 Å². The van der Waals surface area contributed by atoms with Gasteiger partial charge in [0.05, 0.1) is 5.69 Å². The van der Waals surface area contributed by atoms with E-state index in [9.17, 15) is 9.65 Å². The predicted octanol–water partition coefficient (Wildman–Crippen LogP) is 5.11. The highest BCUT2D eigenvalue weighted by molar-refractivity contribution is 7.98. The molecule has 0 bridgehead atoms. The van der Waals surface area contributed by atoms with Gasteiger partial charge in [0.1, 0.15) is 23.3 Å². The van der Waals surface area contributed by atoms with Crippen LogP contribution >= 0.6 is 11.8 Å². The molecular formula is C23H17FN4S. The van der Waals surface area contributed by atoms with Gasteiger partial charge < -0.3 is 5.73 Å². The van der Waals surface area contributed by atoms with Crippen molar-refractivity contribution in [3.05, 3.63) is 94.9 Å². The summed E-state index contributed by atoms with van der Waals surface area (Å²) < 4.78 is 13.2. The molecule has 2 N–H and O–H groups in total. The van der Waals surface area contributed by atoms with Crippen LogP contribution in [0, 0.1) is 17.1 Å². The predicted molar refractivity (Wildman–Crippen MR) is 114 cm³/mol. The lowest BCUT2D eigenvalue weighted by Crippen LogP contribution is -2.06. The van der Waals surface area contributed by atoms with E-state index in [2.05, 4.69) is 40.3 Å². The van der Waals surface area contributed by atoms with Crippen LogP contribution in [0.15, 0.2) is 71.9 Å². The second-order valence-electron chi connectivity index (χ2n) is 6.56. The molecule has 0 aliphatic rings. The molecule has 0 saturated heterocycles. The third kappa shape index (κ3) is 4.20. The van der Waals surface area contributed by atoms with Gasteiger partial charge in [0.15, 0.2) is 5.16 Å². The molecule has 142 valence electrons. The molecule has 3 aromatic carbocycles. The minimum Gasteiger partial charge on any atom is -0.382 e. The summed E-state index contributed by atoms with van der Waals surface area (Å²) in [7, 11) is 0. The summed E-state index contributed by atoms with van der Waals surface area (Å²) in [6, 6.07) is 22.6. The van der Waals surface area contributed by atoms with Gasteiger partial charge >= 0.3 is 0 Å². The maximum absolute atomic E-state index is 13.2. The molecule has 0 saturated carbocycles. The van der Waals surface area contributed by atoms with Crippen molar-refractivity contribution >= 4 is 28.4 Å². The van der Waals surface area contributed by atoms with Crippen molar-refractivity contribution in [2.24, 2.45) is 0 Å². The zero-order valence-electron chi connectivity index (χ0n) is 15.5. The Balaban J connectivity index is 1.61. The number of nitrogen functional groups attached to an aromatic ring is 1. The summed E-state index contributed by atoms with van der Waals surface area (Å²) in [5.41, 5.74) is 8.87. The average molecular weight is 400 g/mol. The van der Waals surface area contributed by atoms with Crippen LogP contribution in [-0.4, -0.2) is 9.97 Å². The SMILES string of the molecule is N#Cc1c(N)nc(SCc2cccc3ccccc23)nc1Cc1ccc(F)cc1. The number of anilines is 1. The van der Waals surface area contributed by atoms with Gasteiger partial charge in [-0.05, 0) is 34.0 Å². The fourth-order valence-corrected chi connectivity index (χ4v) is 4.05. The molecule has 1 aromatic heterocycles. The first-order valence-electron chi connectivity index (χ1n) is 9.04. The number of hydrogen-bond donors (Lipinski definition) is 1. The molecule has 0 spiro atoms. The summed E-state index contributed by atoms with van der Waals surface area (Å²) >= 11 is 1.48. The number of thioether (sulfide) groups is 1. The molecule has 1 heterocycles. The van der Waals surface area contributed by atoms with Crippen LogP contribution in [0.25, 0.3) is 10.8 Å². The normalized spacial score (nSPS) is 10.8. The summed E-state index contributed by atoms with van der Waals surface area (Å²) in [4.78, 5) is 8.88. The molecule has 29 heavy (non-hydrogen) atoms.